The summed E-state index contributed by atoms with van der Waals surface area (Å²) in [6.45, 7) is 3.51. The van der Waals surface area contributed by atoms with Crippen LogP contribution < -0.4 is 19.9 Å². The van der Waals surface area contributed by atoms with Gasteiger partial charge < -0.3 is 9.47 Å². The highest BCUT2D eigenvalue weighted by molar-refractivity contribution is 9.10. The van der Waals surface area contributed by atoms with Gasteiger partial charge in [-0.05, 0) is 40.6 Å². The van der Waals surface area contributed by atoms with Crippen LogP contribution in [-0.4, -0.2) is 25.7 Å². The number of benzene rings is 1. The number of hydrogen-bond acceptors (Lipinski definition) is 5. The number of aromatic nitrogens is 1. The molecule has 2 aromatic rings. The number of anilines is 1. The number of pyridine rings is 1. The van der Waals surface area contributed by atoms with E-state index in [1.165, 1.54) is 5.57 Å². The molecule has 0 unspecified atom stereocenters. The minimum absolute atomic E-state index is 0.636. The molecule has 0 amide bonds. The largest absolute Gasteiger partial charge is 0.497 e. The Balaban J connectivity index is 1.79. The smallest absolute Gasteiger partial charge is 0.150 e. The fourth-order valence-corrected chi connectivity index (χ4v) is 3.01. The molecular formula is C18H20BrN3O2. The lowest BCUT2D eigenvalue weighted by Gasteiger charge is -2.29. The lowest BCUT2D eigenvalue weighted by Crippen LogP contribution is -2.40. The second-order valence-corrected chi connectivity index (χ2v) is 6.45. The van der Waals surface area contributed by atoms with Gasteiger partial charge in [0, 0.05) is 34.4 Å². The number of hydrogen-bond donors (Lipinski definition) is 1. The van der Waals surface area contributed by atoms with Crippen LogP contribution in [0, 0.1) is 0 Å². The number of nitrogens with zero attached hydrogens (tertiary/aromatic N) is 2. The van der Waals surface area contributed by atoms with E-state index in [4.69, 9.17) is 9.47 Å². The van der Waals surface area contributed by atoms with E-state index in [2.05, 4.69) is 50.4 Å². The predicted molar refractivity (Wildman–Crippen MR) is 99.3 cm³/mol. The summed E-state index contributed by atoms with van der Waals surface area (Å²) in [5, 5.41) is 2.05. The van der Waals surface area contributed by atoms with Gasteiger partial charge in [0.25, 0.3) is 0 Å². The summed E-state index contributed by atoms with van der Waals surface area (Å²) in [6, 6.07) is 7.92. The maximum absolute atomic E-state index is 5.46. The Labute approximate surface area is 150 Å². The molecule has 126 valence electrons. The van der Waals surface area contributed by atoms with E-state index < -0.39 is 0 Å². The molecule has 24 heavy (non-hydrogen) atoms. The molecule has 0 bridgehead atoms. The van der Waals surface area contributed by atoms with Crippen molar-refractivity contribution in [2.45, 2.75) is 13.5 Å². The van der Waals surface area contributed by atoms with Crippen molar-refractivity contribution < 1.29 is 9.47 Å². The van der Waals surface area contributed by atoms with Crippen LogP contribution in [-0.2, 0) is 6.54 Å². The van der Waals surface area contributed by atoms with Crippen molar-refractivity contribution in [2.24, 2.45) is 0 Å². The van der Waals surface area contributed by atoms with E-state index in [0.29, 0.717) is 6.54 Å². The molecule has 0 saturated carbocycles. The Bertz CT molecular complexity index is 777. The molecule has 0 spiro atoms. The Hall–Kier alpha value is -2.05. The fraction of sp³-hybridized carbons (Fsp3) is 0.278. The summed E-state index contributed by atoms with van der Waals surface area (Å²) in [5.41, 5.74) is 6.86. The molecule has 0 saturated heterocycles. The van der Waals surface area contributed by atoms with Crippen LogP contribution in [0.1, 0.15) is 18.1 Å². The molecule has 0 aliphatic carbocycles. The summed E-state index contributed by atoms with van der Waals surface area (Å²) in [7, 11) is 3.31. The Morgan fingerprint density at radius 3 is 2.83 bits per heavy atom. The van der Waals surface area contributed by atoms with Crippen molar-refractivity contribution in [2.75, 3.05) is 25.8 Å². The fourth-order valence-electron chi connectivity index (χ4n) is 2.68. The van der Waals surface area contributed by atoms with Gasteiger partial charge in [0.1, 0.15) is 11.5 Å². The average Bonchev–Trinajstić information content (AvgIpc) is 2.61. The SMILES string of the molecule is COc1ccc(CNN2CC=C(C)c3cc(Br)cnc32)c(OC)c1. The van der Waals surface area contributed by atoms with Gasteiger partial charge in [-0.25, -0.2) is 10.4 Å². The zero-order valence-corrected chi connectivity index (χ0v) is 15.6. The van der Waals surface area contributed by atoms with Crippen molar-refractivity contribution in [3.63, 3.8) is 0 Å². The van der Waals surface area contributed by atoms with Crippen molar-refractivity contribution in [1.29, 1.82) is 0 Å². The van der Waals surface area contributed by atoms with Gasteiger partial charge in [-0.1, -0.05) is 12.1 Å². The first-order valence-corrected chi connectivity index (χ1v) is 8.46. The summed E-state index contributed by atoms with van der Waals surface area (Å²) in [5.74, 6) is 2.52. The van der Waals surface area contributed by atoms with Crippen molar-refractivity contribution in [3.8, 4) is 11.5 Å². The zero-order chi connectivity index (χ0) is 17.1. The number of fused-ring (bicyclic) bond motifs is 1. The highest BCUT2D eigenvalue weighted by Gasteiger charge is 2.18. The van der Waals surface area contributed by atoms with Gasteiger partial charge in [-0.15, -0.1) is 0 Å². The van der Waals surface area contributed by atoms with Gasteiger partial charge >= 0.3 is 0 Å². The minimum Gasteiger partial charge on any atom is -0.497 e. The molecule has 1 aromatic carbocycles. The molecule has 1 aromatic heterocycles. The Kier molecular flexibility index (Phi) is 5.06. The van der Waals surface area contributed by atoms with Crippen molar-refractivity contribution in [3.05, 3.63) is 52.1 Å². The summed E-state index contributed by atoms with van der Waals surface area (Å²) in [4.78, 5) is 4.56. The first-order chi connectivity index (χ1) is 11.6. The lowest BCUT2D eigenvalue weighted by molar-refractivity contribution is 0.389. The van der Waals surface area contributed by atoms with Crippen LogP contribution in [0.5, 0.6) is 11.5 Å². The van der Waals surface area contributed by atoms with Crippen LogP contribution in [0.4, 0.5) is 5.82 Å². The summed E-state index contributed by atoms with van der Waals surface area (Å²) < 4.78 is 11.7. The van der Waals surface area contributed by atoms with Crippen LogP contribution in [0.3, 0.4) is 0 Å². The third-order valence-corrected chi connectivity index (χ3v) is 4.48. The topological polar surface area (TPSA) is 46.6 Å². The number of allylic oxidation sites excluding steroid dienone is 1. The molecule has 1 N–H and O–H groups in total. The van der Waals surface area contributed by atoms with E-state index in [9.17, 15) is 0 Å². The quantitative estimate of drug-likeness (QED) is 0.842. The highest BCUT2D eigenvalue weighted by atomic mass is 79.9. The molecule has 3 rings (SSSR count). The third-order valence-electron chi connectivity index (χ3n) is 4.05. The van der Waals surface area contributed by atoms with Gasteiger partial charge in [-0.2, -0.15) is 0 Å². The molecule has 0 atom stereocenters. The molecule has 1 aliphatic rings. The van der Waals surface area contributed by atoms with E-state index >= 15 is 0 Å². The lowest BCUT2D eigenvalue weighted by atomic mass is 10.1. The maximum Gasteiger partial charge on any atom is 0.150 e. The molecule has 0 fully saturated rings. The summed E-state index contributed by atoms with van der Waals surface area (Å²) >= 11 is 3.49. The molecule has 5 nitrogen and oxygen atoms in total. The normalized spacial score (nSPS) is 13.3. The van der Waals surface area contributed by atoms with Gasteiger partial charge in [0.2, 0.25) is 0 Å². The molecular weight excluding hydrogens is 370 g/mol. The molecule has 1 aliphatic heterocycles. The van der Waals surface area contributed by atoms with Crippen LogP contribution in [0.15, 0.2) is 41.0 Å². The molecule has 2 heterocycles. The average molecular weight is 390 g/mol. The van der Waals surface area contributed by atoms with Crippen LogP contribution in [0.25, 0.3) is 5.57 Å². The van der Waals surface area contributed by atoms with E-state index in [1.54, 1.807) is 14.2 Å². The number of methoxy groups -OCH3 is 2. The standard InChI is InChI=1S/C18H20BrN3O2/c1-12-6-7-22(18-16(12)8-14(19)11-20-18)21-10-13-4-5-15(23-2)9-17(13)24-3/h4-6,8-9,11,21H,7,10H2,1-3H3. The highest BCUT2D eigenvalue weighted by Crippen LogP contribution is 2.31. The van der Waals surface area contributed by atoms with E-state index in [1.807, 2.05) is 24.4 Å². The maximum atomic E-state index is 5.46. The zero-order valence-electron chi connectivity index (χ0n) is 14.0. The van der Waals surface area contributed by atoms with Gasteiger partial charge in [0.15, 0.2) is 5.82 Å². The minimum atomic E-state index is 0.636. The summed E-state index contributed by atoms with van der Waals surface area (Å²) in [6.07, 6.45) is 4.01. The van der Waals surface area contributed by atoms with Crippen molar-refractivity contribution in [1.82, 2.24) is 10.4 Å². The van der Waals surface area contributed by atoms with E-state index in [-0.39, 0.29) is 0 Å². The second kappa shape index (κ2) is 7.23. The first kappa shape index (κ1) is 16.8. The number of rotatable bonds is 5. The van der Waals surface area contributed by atoms with Crippen LogP contribution in [0.2, 0.25) is 0 Å². The molecule has 6 heteroatoms. The van der Waals surface area contributed by atoms with Gasteiger partial charge in [-0.3, -0.25) is 5.01 Å². The predicted octanol–water partition coefficient (Wildman–Crippen LogP) is 3.79. The number of ether oxygens (including phenoxy) is 2. The first-order valence-electron chi connectivity index (χ1n) is 7.67. The van der Waals surface area contributed by atoms with E-state index in [0.717, 1.165) is 39.5 Å². The Morgan fingerprint density at radius 2 is 2.08 bits per heavy atom. The monoisotopic (exact) mass is 389 g/mol. The second-order valence-electron chi connectivity index (χ2n) is 5.54. The number of hydrazine groups is 1. The van der Waals surface area contributed by atoms with Gasteiger partial charge in [0.05, 0.1) is 20.8 Å². The van der Waals surface area contributed by atoms with Crippen LogP contribution >= 0.6 is 15.9 Å². The Morgan fingerprint density at radius 1 is 1.25 bits per heavy atom. The molecule has 0 radical (unpaired) electrons. The third kappa shape index (κ3) is 3.39. The van der Waals surface area contributed by atoms with Crippen molar-refractivity contribution >= 4 is 27.3 Å². The number of halogens is 1. The number of nitrogens with one attached hydrogen (secondary N) is 1.